The summed E-state index contributed by atoms with van der Waals surface area (Å²) in [7, 11) is 1.97. The highest BCUT2D eigenvalue weighted by atomic mass is 16.3. The van der Waals surface area contributed by atoms with Gasteiger partial charge >= 0.3 is 0 Å². The Kier molecular flexibility index (Phi) is 3.84. The van der Waals surface area contributed by atoms with Crippen molar-refractivity contribution in [2.75, 3.05) is 6.54 Å². The van der Waals surface area contributed by atoms with Gasteiger partial charge in [0.15, 0.2) is 5.76 Å². The SMILES string of the molecule is Cn1cc(CCN2C(=O)C(O)=C(c3ccccc3)C2=O)c2ccccc21. The van der Waals surface area contributed by atoms with Crippen LogP contribution in [0.15, 0.2) is 66.6 Å². The van der Waals surface area contributed by atoms with Gasteiger partial charge < -0.3 is 9.67 Å². The molecule has 130 valence electrons. The lowest BCUT2D eigenvalue weighted by Gasteiger charge is -2.14. The van der Waals surface area contributed by atoms with E-state index in [0.717, 1.165) is 21.4 Å². The van der Waals surface area contributed by atoms with E-state index in [1.54, 1.807) is 24.3 Å². The van der Waals surface area contributed by atoms with E-state index in [-0.39, 0.29) is 12.1 Å². The van der Waals surface area contributed by atoms with Crippen molar-refractivity contribution < 1.29 is 14.7 Å². The van der Waals surface area contributed by atoms with E-state index < -0.39 is 17.6 Å². The topological polar surface area (TPSA) is 62.5 Å². The van der Waals surface area contributed by atoms with Gasteiger partial charge in [-0.05, 0) is 23.6 Å². The normalized spacial score (nSPS) is 14.7. The number of hydrogen-bond donors (Lipinski definition) is 1. The van der Waals surface area contributed by atoms with Gasteiger partial charge in [0, 0.05) is 30.7 Å². The van der Waals surface area contributed by atoms with Crippen LogP contribution >= 0.6 is 0 Å². The lowest BCUT2D eigenvalue weighted by molar-refractivity contribution is -0.138. The molecule has 0 saturated carbocycles. The highest BCUT2D eigenvalue weighted by molar-refractivity contribution is 6.34. The number of benzene rings is 2. The molecule has 0 atom stereocenters. The molecule has 1 N–H and O–H groups in total. The van der Waals surface area contributed by atoms with Crippen LogP contribution in [0.5, 0.6) is 0 Å². The number of nitrogens with zero attached hydrogens (tertiary/aromatic N) is 2. The Hall–Kier alpha value is -3.34. The minimum Gasteiger partial charge on any atom is -0.502 e. The first kappa shape index (κ1) is 16.1. The Labute approximate surface area is 150 Å². The van der Waals surface area contributed by atoms with Crippen LogP contribution < -0.4 is 0 Å². The summed E-state index contributed by atoms with van der Waals surface area (Å²) in [4.78, 5) is 26.2. The third-order valence-corrected chi connectivity index (χ3v) is 4.79. The van der Waals surface area contributed by atoms with E-state index in [9.17, 15) is 14.7 Å². The quantitative estimate of drug-likeness (QED) is 0.739. The molecule has 1 aliphatic heterocycles. The van der Waals surface area contributed by atoms with Crippen LogP contribution in [-0.2, 0) is 23.1 Å². The maximum absolute atomic E-state index is 12.7. The van der Waals surface area contributed by atoms with Crippen molar-refractivity contribution in [2.45, 2.75) is 6.42 Å². The van der Waals surface area contributed by atoms with Gasteiger partial charge in [0.1, 0.15) is 0 Å². The molecule has 1 aliphatic rings. The Bertz CT molecular complexity index is 1050. The van der Waals surface area contributed by atoms with E-state index in [4.69, 9.17) is 0 Å². The predicted molar refractivity (Wildman–Crippen MR) is 99.3 cm³/mol. The first-order chi connectivity index (χ1) is 12.6. The van der Waals surface area contributed by atoms with Crippen LogP contribution in [0.25, 0.3) is 16.5 Å². The van der Waals surface area contributed by atoms with E-state index in [1.807, 2.05) is 48.1 Å². The number of aromatic nitrogens is 1. The first-order valence-electron chi connectivity index (χ1n) is 8.45. The van der Waals surface area contributed by atoms with Gasteiger partial charge in [-0.25, -0.2) is 0 Å². The van der Waals surface area contributed by atoms with Crippen LogP contribution in [0.4, 0.5) is 0 Å². The number of carbonyl (C=O) groups is 2. The van der Waals surface area contributed by atoms with Gasteiger partial charge in [0.05, 0.1) is 5.57 Å². The summed E-state index contributed by atoms with van der Waals surface area (Å²) in [6.07, 6.45) is 2.55. The van der Waals surface area contributed by atoms with Crippen LogP contribution in [0.1, 0.15) is 11.1 Å². The second-order valence-corrected chi connectivity index (χ2v) is 6.38. The Balaban J connectivity index is 1.58. The number of amides is 2. The fraction of sp³-hybridized carbons (Fsp3) is 0.143. The number of aliphatic hydroxyl groups is 1. The Morgan fingerprint density at radius 3 is 2.38 bits per heavy atom. The molecule has 4 rings (SSSR count). The number of aliphatic hydroxyl groups excluding tert-OH is 1. The largest absolute Gasteiger partial charge is 0.502 e. The molecule has 0 bridgehead atoms. The highest BCUT2D eigenvalue weighted by Crippen LogP contribution is 2.28. The van der Waals surface area contributed by atoms with E-state index in [1.165, 1.54) is 0 Å². The van der Waals surface area contributed by atoms with Crippen LogP contribution in [0.2, 0.25) is 0 Å². The molecule has 0 saturated heterocycles. The molecule has 0 fully saturated rings. The van der Waals surface area contributed by atoms with Gasteiger partial charge in [-0.15, -0.1) is 0 Å². The fourth-order valence-electron chi connectivity index (χ4n) is 3.49. The lowest BCUT2D eigenvalue weighted by atomic mass is 10.1. The minimum absolute atomic E-state index is 0.0773. The number of carbonyl (C=O) groups excluding carboxylic acids is 2. The first-order valence-corrected chi connectivity index (χ1v) is 8.45. The maximum atomic E-state index is 12.7. The lowest BCUT2D eigenvalue weighted by Crippen LogP contribution is -2.33. The molecule has 0 unspecified atom stereocenters. The molecule has 0 aliphatic carbocycles. The summed E-state index contributed by atoms with van der Waals surface area (Å²) in [6.45, 7) is 0.228. The van der Waals surface area contributed by atoms with Gasteiger partial charge in [-0.3, -0.25) is 14.5 Å². The summed E-state index contributed by atoms with van der Waals surface area (Å²) in [6, 6.07) is 16.8. The summed E-state index contributed by atoms with van der Waals surface area (Å²) in [5.41, 5.74) is 2.80. The van der Waals surface area contributed by atoms with Crippen molar-refractivity contribution in [3.63, 3.8) is 0 Å². The van der Waals surface area contributed by atoms with E-state index in [0.29, 0.717) is 12.0 Å². The maximum Gasteiger partial charge on any atom is 0.296 e. The summed E-state index contributed by atoms with van der Waals surface area (Å²) in [5.74, 6) is -1.55. The summed E-state index contributed by atoms with van der Waals surface area (Å²) < 4.78 is 2.03. The molecular weight excluding hydrogens is 328 g/mol. The standard InChI is InChI=1S/C21H18N2O3/c1-22-13-15(16-9-5-6-10-17(16)22)11-12-23-20(25)18(19(24)21(23)26)14-7-3-2-4-8-14/h2-10,13,24H,11-12H2,1H3. The van der Waals surface area contributed by atoms with Gasteiger partial charge in [-0.1, -0.05) is 48.5 Å². The zero-order chi connectivity index (χ0) is 18.3. The Morgan fingerprint density at radius 2 is 1.62 bits per heavy atom. The summed E-state index contributed by atoms with van der Waals surface area (Å²) >= 11 is 0. The van der Waals surface area contributed by atoms with E-state index in [2.05, 4.69) is 0 Å². The van der Waals surface area contributed by atoms with Crippen molar-refractivity contribution in [1.29, 1.82) is 0 Å². The van der Waals surface area contributed by atoms with Gasteiger partial charge in [0.2, 0.25) is 0 Å². The van der Waals surface area contributed by atoms with Gasteiger partial charge in [0.25, 0.3) is 11.8 Å². The van der Waals surface area contributed by atoms with Gasteiger partial charge in [-0.2, -0.15) is 0 Å². The molecule has 5 heteroatoms. The highest BCUT2D eigenvalue weighted by Gasteiger charge is 2.38. The van der Waals surface area contributed by atoms with Crippen LogP contribution in [0.3, 0.4) is 0 Å². The number of rotatable bonds is 4. The van der Waals surface area contributed by atoms with E-state index >= 15 is 0 Å². The van der Waals surface area contributed by atoms with Crippen molar-refractivity contribution in [2.24, 2.45) is 7.05 Å². The number of imide groups is 1. The Morgan fingerprint density at radius 1 is 0.923 bits per heavy atom. The molecule has 0 radical (unpaired) electrons. The molecular formula is C21H18N2O3. The third kappa shape index (κ3) is 2.49. The molecule has 2 heterocycles. The molecule has 2 aromatic carbocycles. The minimum atomic E-state index is -0.630. The number of hydrogen-bond acceptors (Lipinski definition) is 3. The molecule has 5 nitrogen and oxygen atoms in total. The average Bonchev–Trinajstić information content (AvgIpc) is 3.09. The third-order valence-electron chi connectivity index (χ3n) is 4.79. The zero-order valence-corrected chi connectivity index (χ0v) is 14.3. The van der Waals surface area contributed by atoms with Crippen molar-refractivity contribution in [1.82, 2.24) is 9.47 Å². The predicted octanol–water partition coefficient (Wildman–Crippen LogP) is 3.06. The fourth-order valence-corrected chi connectivity index (χ4v) is 3.49. The second kappa shape index (κ2) is 6.19. The molecule has 2 amide bonds. The average molecular weight is 346 g/mol. The smallest absolute Gasteiger partial charge is 0.296 e. The molecule has 26 heavy (non-hydrogen) atoms. The monoisotopic (exact) mass is 346 g/mol. The summed E-state index contributed by atoms with van der Waals surface area (Å²) in [5, 5.41) is 11.3. The second-order valence-electron chi connectivity index (χ2n) is 6.38. The van der Waals surface area contributed by atoms with Crippen molar-refractivity contribution in [3.8, 4) is 0 Å². The molecule has 0 spiro atoms. The number of aryl methyl sites for hydroxylation is 1. The molecule has 3 aromatic rings. The van der Waals surface area contributed by atoms with Crippen molar-refractivity contribution in [3.05, 3.63) is 77.7 Å². The number of fused-ring (bicyclic) bond motifs is 1. The zero-order valence-electron chi connectivity index (χ0n) is 14.3. The van der Waals surface area contributed by atoms with Crippen molar-refractivity contribution >= 4 is 28.3 Å². The number of para-hydroxylation sites is 1. The van der Waals surface area contributed by atoms with Crippen LogP contribution in [0, 0.1) is 0 Å². The van der Waals surface area contributed by atoms with Crippen LogP contribution in [-0.4, -0.2) is 32.9 Å². The molecule has 1 aromatic heterocycles.